The molecule has 6 heteroatoms. The van der Waals surface area contributed by atoms with E-state index in [-0.39, 0.29) is 5.91 Å². The van der Waals surface area contributed by atoms with E-state index in [2.05, 4.69) is 4.90 Å². The third-order valence-electron chi connectivity index (χ3n) is 5.63. The number of likely N-dealkylation sites (N-methyl/N-ethyl adjacent to an activating group) is 1. The van der Waals surface area contributed by atoms with Gasteiger partial charge in [-0.1, -0.05) is 18.2 Å². The van der Waals surface area contributed by atoms with Crippen LogP contribution in [0.5, 0.6) is 5.75 Å². The Labute approximate surface area is 177 Å². The van der Waals surface area contributed by atoms with Gasteiger partial charge in [-0.3, -0.25) is 4.79 Å². The van der Waals surface area contributed by atoms with Gasteiger partial charge in [0.1, 0.15) is 11.4 Å². The molecule has 1 amide bonds. The summed E-state index contributed by atoms with van der Waals surface area (Å²) in [5, 5.41) is 4.77. The molecule has 0 N–H and O–H groups in total. The molecule has 0 unspecified atom stereocenters. The molecule has 1 fully saturated rings. The van der Waals surface area contributed by atoms with E-state index in [1.807, 2.05) is 67.8 Å². The topological polar surface area (TPSA) is 50.6 Å². The lowest BCUT2D eigenvalue weighted by Gasteiger charge is -2.21. The minimum atomic E-state index is -0.0119. The van der Waals surface area contributed by atoms with Crippen LogP contribution in [0.15, 0.2) is 60.8 Å². The van der Waals surface area contributed by atoms with Crippen LogP contribution in [0, 0.1) is 0 Å². The second-order valence-corrected chi connectivity index (χ2v) is 7.68. The first kappa shape index (κ1) is 20.2. The number of amides is 1. The summed E-state index contributed by atoms with van der Waals surface area (Å²) in [6.07, 6.45) is 4.34. The second-order valence-electron chi connectivity index (χ2n) is 7.68. The van der Waals surface area contributed by atoms with Gasteiger partial charge in [0.25, 0.3) is 5.91 Å². The molecule has 30 heavy (non-hydrogen) atoms. The summed E-state index contributed by atoms with van der Waals surface area (Å²) in [5.41, 5.74) is 3.10. The van der Waals surface area contributed by atoms with Crippen LogP contribution in [-0.2, 0) is 0 Å². The Morgan fingerprint density at radius 1 is 1.07 bits per heavy atom. The first-order chi connectivity index (χ1) is 14.7. The van der Waals surface area contributed by atoms with Crippen LogP contribution in [-0.4, -0.2) is 65.8 Å². The molecular formula is C24H28N4O2. The maximum atomic E-state index is 13.3. The van der Waals surface area contributed by atoms with E-state index in [1.54, 1.807) is 16.7 Å². The Bertz CT molecular complexity index is 976. The van der Waals surface area contributed by atoms with Crippen molar-refractivity contribution in [3.63, 3.8) is 0 Å². The van der Waals surface area contributed by atoms with Crippen LogP contribution in [0.1, 0.15) is 23.2 Å². The zero-order chi connectivity index (χ0) is 20.9. The molecule has 1 aromatic heterocycles. The van der Waals surface area contributed by atoms with Crippen molar-refractivity contribution in [2.24, 2.45) is 0 Å². The molecule has 0 aliphatic carbocycles. The highest BCUT2D eigenvalue weighted by atomic mass is 16.5. The van der Waals surface area contributed by atoms with Crippen LogP contribution < -0.4 is 4.74 Å². The minimum absolute atomic E-state index is 0.0119. The van der Waals surface area contributed by atoms with E-state index in [1.165, 1.54) is 12.8 Å². The first-order valence-corrected chi connectivity index (χ1v) is 10.4. The maximum Gasteiger partial charge on any atom is 0.257 e. The second kappa shape index (κ2) is 9.13. The number of methoxy groups -OCH3 is 1. The average Bonchev–Trinajstić information content (AvgIpc) is 3.48. The molecule has 0 bridgehead atoms. The number of likely N-dealkylation sites (tertiary alicyclic amines) is 1. The normalized spacial score (nSPS) is 14.1. The lowest BCUT2D eigenvalue weighted by molar-refractivity contribution is 0.0783. The number of hydrogen-bond donors (Lipinski definition) is 0. The number of benzene rings is 2. The molecule has 1 aliphatic heterocycles. The molecule has 0 radical (unpaired) electrons. The molecule has 156 valence electrons. The number of carbonyl (C=O) groups is 1. The molecule has 3 aromatic rings. The van der Waals surface area contributed by atoms with Gasteiger partial charge in [0.15, 0.2) is 0 Å². The van der Waals surface area contributed by atoms with Crippen molar-refractivity contribution in [1.82, 2.24) is 19.6 Å². The predicted octanol–water partition coefficient (Wildman–Crippen LogP) is 3.72. The SMILES string of the molecule is COc1ccc(-c2nn(-c3ccccc3)cc2C(=O)N(C)CCN2CCCC2)cc1. The van der Waals surface area contributed by atoms with Crippen molar-refractivity contribution in [2.75, 3.05) is 40.3 Å². The number of para-hydroxylation sites is 1. The van der Waals surface area contributed by atoms with E-state index in [4.69, 9.17) is 9.84 Å². The van der Waals surface area contributed by atoms with Crippen LogP contribution >= 0.6 is 0 Å². The molecule has 4 rings (SSSR count). The van der Waals surface area contributed by atoms with E-state index in [0.717, 1.165) is 36.6 Å². The fourth-order valence-electron chi connectivity index (χ4n) is 3.81. The standard InChI is InChI=1S/C24H28N4O2/c1-26(16-17-27-14-6-7-15-27)24(29)22-18-28(20-8-4-3-5-9-20)25-23(22)19-10-12-21(30-2)13-11-19/h3-5,8-13,18H,6-7,14-17H2,1-2H3. The van der Waals surface area contributed by atoms with Crippen LogP contribution in [0.2, 0.25) is 0 Å². The molecule has 0 spiro atoms. The molecule has 2 aromatic carbocycles. The molecule has 6 nitrogen and oxygen atoms in total. The Balaban J connectivity index is 1.63. The summed E-state index contributed by atoms with van der Waals surface area (Å²) in [5.74, 6) is 0.763. The highest BCUT2D eigenvalue weighted by Gasteiger charge is 2.22. The van der Waals surface area contributed by atoms with E-state index < -0.39 is 0 Å². The number of ether oxygens (including phenoxy) is 1. The summed E-state index contributed by atoms with van der Waals surface area (Å²) in [6, 6.07) is 17.5. The van der Waals surface area contributed by atoms with Gasteiger partial charge in [-0.25, -0.2) is 4.68 Å². The van der Waals surface area contributed by atoms with Crippen molar-refractivity contribution in [3.8, 4) is 22.7 Å². The largest absolute Gasteiger partial charge is 0.497 e. The zero-order valence-electron chi connectivity index (χ0n) is 17.6. The number of carbonyl (C=O) groups excluding carboxylic acids is 1. The zero-order valence-corrected chi connectivity index (χ0v) is 17.6. The smallest absolute Gasteiger partial charge is 0.257 e. The Kier molecular flexibility index (Phi) is 6.14. The average molecular weight is 405 g/mol. The number of hydrogen-bond acceptors (Lipinski definition) is 4. The lowest BCUT2D eigenvalue weighted by atomic mass is 10.1. The van der Waals surface area contributed by atoms with Crippen molar-refractivity contribution in [1.29, 1.82) is 0 Å². The van der Waals surface area contributed by atoms with Crippen molar-refractivity contribution < 1.29 is 9.53 Å². The maximum absolute atomic E-state index is 13.3. The molecular weight excluding hydrogens is 376 g/mol. The summed E-state index contributed by atoms with van der Waals surface area (Å²) >= 11 is 0. The van der Waals surface area contributed by atoms with Gasteiger partial charge in [0, 0.05) is 31.9 Å². The monoisotopic (exact) mass is 404 g/mol. The molecule has 2 heterocycles. The summed E-state index contributed by atoms with van der Waals surface area (Å²) < 4.78 is 7.05. The third kappa shape index (κ3) is 4.39. The summed E-state index contributed by atoms with van der Waals surface area (Å²) in [7, 11) is 3.51. The molecule has 1 saturated heterocycles. The van der Waals surface area contributed by atoms with E-state index in [0.29, 0.717) is 17.8 Å². The van der Waals surface area contributed by atoms with Crippen LogP contribution in [0.3, 0.4) is 0 Å². The van der Waals surface area contributed by atoms with Gasteiger partial charge in [0.05, 0.1) is 18.4 Å². The van der Waals surface area contributed by atoms with Gasteiger partial charge >= 0.3 is 0 Å². The highest BCUT2D eigenvalue weighted by Crippen LogP contribution is 2.26. The Morgan fingerprint density at radius 3 is 2.43 bits per heavy atom. The van der Waals surface area contributed by atoms with Gasteiger partial charge in [0.2, 0.25) is 0 Å². The highest BCUT2D eigenvalue weighted by molar-refractivity contribution is 5.99. The predicted molar refractivity (Wildman–Crippen MR) is 118 cm³/mol. The van der Waals surface area contributed by atoms with Crippen molar-refractivity contribution in [2.45, 2.75) is 12.8 Å². The number of nitrogens with zero attached hydrogens (tertiary/aromatic N) is 4. The third-order valence-corrected chi connectivity index (χ3v) is 5.63. The quantitative estimate of drug-likeness (QED) is 0.602. The van der Waals surface area contributed by atoms with Gasteiger partial charge < -0.3 is 14.5 Å². The van der Waals surface area contributed by atoms with Crippen LogP contribution in [0.4, 0.5) is 0 Å². The van der Waals surface area contributed by atoms with E-state index >= 15 is 0 Å². The Morgan fingerprint density at radius 2 is 1.77 bits per heavy atom. The molecule has 0 atom stereocenters. The van der Waals surface area contributed by atoms with Gasteiger partial charge in [-0.15, -0.1) is 0 Å². The van der Waals surface area contributed by atoms with Crippen molar-refractivity contribution in [3.05, 3.63) is 66.4 Å². The van der Waals surface area contributed by atoms with Crippen molar-refractivity contribution >= 4 is 5.91 Å². The lowest BCUT2D eigenvalue weighted by Crippen LogP contribution is -2.35. The number of aromatic nitrogens is 2. The summed E-state index contributed by atoms with van der Waals surface area (Å²) in [4.78, 5) is 17.6. The first-order valence-electron chi connectivity index (χ1n) is 10.4. The Hall–Kier alpha value is -3.12. The fraction of sp³-hybridized carbons (Fsp3) is 0.333. The molecule has 0 saturated carbocycles. The van der Waals surface area contributed by atoms with E-state index in [9.17, 15) is 4.79 Å². The summed E-state index contributed by atoms with van der Waals surface area (Å²) in [6.45, 7) is 3.88. The van der Waals surface area contributed by atoms with Crippen LogP contribution in [0.25, 0.3) is 16.9 Å². The van der Waals surface area contributed by atoms with Gasteiger partial charge in [-0.05, 0) is 62.3 Å². The minimum Gasteiger partial charge on any atom is -0.497 e. The fourth-order valence-corrected chi connectivity index (χ4v) is 3.81. The molecule has 1 aliphatic rings. The van der Waals surface area contributed by atoms with Gasteiger partial charge in [-0.2, -0.15) is 5.10 Å². The number of rotatable bonds is 7.